The maximum atomic E-state index is 12.5. The molecule has 1 N–H and O–H groups in total. The second-order valence-electron chi connectivity index (χ2n) is 6.97. The summed E-state index contributed by atoms with van der Waals surface area (Å²) in [4.78, 5) is 29.0. The quantitative estimate of drug-likeness (QED) is 0.534. The molecule has 0 saturated carbocycles. The number of ether oxygens (including phenoxy) is 2. The zero-order valence-electron chi connectivity index (χ0n) is 16.9. The summed E-state index contributed by atoms with van der Waals surface area (Å²) in [5.41, 5.74) is 1.69. The van der Waals surface area contributed by atoms with Gasteiger partial charge in [0, 0.05) is 5.56 Å². The molecule has 0 aliphatic heterocycles. The van der Waals surface area contributed by atoms with Crippen LogP contribution < -0.4 is 10.1 Å². The third kappa shape index (κ3) is 5.32. The second-order valence-corrected chi connectivity index (χ2v) is 8.00. The van der Waals surface area contributed by atoms with Gasteiger partial charge in [-0.05, 0) is 69.7 Å². The Labute approximate surface area is 173 Å². The van der Waals surface area contributed by atoms with E-state index in [0.717, 1.165) is 16.9 Å². The third-order valence-electron chi connectivity index (χ3n) is 4.22. The molecule has 0 fully saturated rings. The van der Waals surface area contributed by atoms with Gasteiger partial charge in [-0.3, -0.25) is 10.1 Å². The Hall–Kier alpha value is -2.93. The van der Waals surface area contributed by atoms with Crippen LogP contribution in [0.15, 0.2) is 42.5 Å². The largest absolute Gasteiger partial charge is 0.491 e. The van der Waals surface area contributed by atoms with Crippen LogP contribution in [0.5, 0.6) is 5.75 Å². The fourth-order valence-electron chi connectivity index (χ4n) is 2.56. The Kier molecular flexibility index (Phi) is 6.49. The van der Waals surface area contributed by atoms with Gasteiger partial charge >= 0.3 is 5.97 Å². The van der Waals surface area contributed by atoms with E-state index in [1.165, 1.54) is 11.3 Å². The number of anilines is 1. The van der Waals surface area contributed by atoms with Crippen molar-refractivity contribution in [3.05, 3.63) is 53.6 Å². The van der Waals surface area contributed by atoms with Crippen LogP contribution in [0.1, 0.15) is 54.8 Å². The molecule has 0 radical (unpaired) electrons. The molecule has 152 valence electrons. The zero-order valence-corrected chi connectivity index (χ0v) is 17.7. The van der Waals surface area contributed by atoms with Gasteiger partial charge in [-0.2, -0.15) is 0 Å². The van der Waals surface area contributed by atoms with Crippen molar-refractivity contribution < 1.29 is 19.1 Å². The Morgan fingerprint density at radius 1 is 1.07 bits per heavy atom. The van der Waals surface area contributed by atoms with Crippen LogP contribution in [0.4, 0.5) is 5.13 Å². The van der Waals surface area contributed by atoms with Crippen molar-refractivity contribution in [2.24, 2.45) is 0 Å². The molecular weight excluding hydrogens is 388 g/mol. The number of rotatable bonds is 7. The Balaban J connectivity index is 1.71. The number of thiazole rings is 1. The molecule has 6 nitrogen and oxygen atoms in total. The predicted molar refractivity (Wildman–Crippen MR) is 115 cm³/mol. The smallest absolute Gasteiger partial charge is 0.338 e. The van der Waals surface area contributed by atoms with E-state index in [4.69, 9.17) is 9.47 Å². The summed E-state index contributed by atoms with van der Waals surface area (Å²) in [7, 11) is 0. The molecule has 1 atom stereocenters. The van der Waals surface area contributed by atoms with Crippen molar-refractivity contribution in [2.45, 2.75) is 46.3 Å². The molecule has 0 saturated heterocycles. The summed E-state index contributed by atoms with van der Waals surface area (Å²) in [6, 6.07) is 12.2. The first-order valence-electron chi connectivity index (χ1n) is 9.55. The van der Waals surface area contributed by atoms with Crippen molar-refractivity contribution in [3.63, 3.8) is 0 Å². The first-order chi connectivity index (χ1) is 13.9. The van der Waals surface area contributed by atoms with Gasteiger partial charge in [0.25, 0.3) is 5.91 Å². The maximum absolute atomic E-state index is 12.5. The first-order valence-corrected chi connectivity index (χ1v) is 10.4. The number of carbonyl (C=O) groups excluding carboxylic acids is 2. The number of aromatic nitrogens is 1. The average molecular weight is 413 g/mol. The van der Waals surface area contributed by atoms with Crippen LogP contribution in [0, 0.1) is 0 Å². The van der Waals surface area contributed by atoms with E-state index >= 15 is 0 Å². The summed E-state index contributed by atoms with van der Waals surface area (Å²) in [5, 5.41) is 3.28. The van der Waals surface area contributed by atoms with Crippen molar-refractivity contribution in [1.29, 1.82) is 0 Å². The van der Waals surface area contributed by atoms with Gasteiger partial charge in [0.2, 0.25) is 0 Å². The minimum Gasteiger partial charge on any atom is -0.491 e. The van der Waals surface area contributed by atoms with Crippen molar-refractivity contribution in [3.8, 4) is 5.75 Å². The number of carbonyl (C=O) groups is 2. The Bertz CT molecular complexity index is 1010. The minimum absolute atomic E-state index is 0.125. The molecule has 1 aromatic heterocycles. The standard InChI is InChI=1S/C22H24N2O4S/c1-5-14(4)28-17-9-6-15(7-10-17)20(25)24-22-23-18-11-8-16(12-19(18)29-22)21(26)27-13(2)3/h6-14H,5H2,1-4H3,(H,23,24,25). The van der Waals surface area contributed by atoms with E-state index in [-0.39, 0.29) is 24.1 Å². The molecule has 1 heterocycles. The highest BCUT2D eigenvalue weighted by Crippen LogP contribution is 2.28. The molecule has 2 aromatic carbocycles. The number of hydrogen-bond donors (Lipinski definition) is 1. The topological polar surface area (TPSA) is 77.5 Å². The van der Waals surface area contributed by atoms with E-state index < -0.39 is 0 Å². The Morgan fingerprint density at radius 3 is 2.41 bits per heavy atom. The summed E-state index contributed by atoms with van der Waals surface area (Å²) < 4.78 is 11.8. The molecule has 29 heavy (non-hydrogen) atoms. The summed E-state index contributed by atoms with van der Waals surface area (Å²) in [6.45, 7) is 7.67. The molecule has 0 spiro atoms. The monoisotopic (exact) mass is 412 g/mol. The predicted octanol–water partition coefficient (Wildman–Crippen LogP) is 5.29. The lowest BCUT2D eigenvalue weighted by molar-refractivity contribution is 0.0378. The normalized spacial score (nSPS) is 12.0. The van der Waals surface area contributed by atoms with Gasteiger partial charge in [-0.1, -0.05) is 18.3 Å². The van der Waals surface area contributed by atoms with Crippen molar-refractivity contribution >= 4 is 38.6 Å². The Morgan fingerprint density at radius 2 is 1.76 bits per heavy atom. The van der Waals surface area contributed by atoms with E-state index in [9.17, 15) is 9.59 Å². The number of fused-ring (bicyclic) bond motifs is 1. The van der Waals surface area contributed by atoms with Gasteiger partial charge in [0.1, 0.15) is 5.75 Å². The number of nitrogens with one attached hydrogen (secondary N) is 1. The van der Waals surface area contributed by atoms with Gasteiger partial charge in [0.15, 0.2) is 5.13 Å². The lowest BCUT2D eigenvalue weighted by Gasteiger charge is -2.12. The van der Waals surface area contributed by atoms with Crippen LogP contribution in [0.3, 0.4) is 0 Å². The zero-order chi connectivity index (χ0) is 21.0. The van der Waals surface area contributed by atoms with Crippen LogP contribution in [-0.2, 0) is 4.74 Å². The van der Waals surface area contributed by atoms with Crippen molar-refractivity contribution in [2.75, 3.05) is 5.32 Å². The SMILES string of the molecule is CCC(C)Oc1ccc(C(=O)Nc2nc3ccc(C(=O)OC(C)C)cc3s2)cc1. The molecule has 0 bridgehead atoms. The molecule has 1 amide bonds. The number of amides is 1. The molecule has 3 aromatic rings. The number of benzene rings is 2. The number of esters is 1. The highest BCUT2D eigenvalue weighted by atomic mass is 32.1. The van der Waals surface area contributed by atoms with Crippen LogP contribution >= 0.6 is 11.3 Å². The fraction of sp³-hybridized carbons (Fsp3) is 0.318. The van der Waals surface area contributed by atoms with Crippen LogP contribution in [0.2, 0.25) is 0 Å². The maximum Gasteiger partial charge on any atom is 0.338 e. The fourth-order valence-corrected chi connectivity index (χ4v) is 3.46. The van der Waals surface area contributed by atoms with Crippen molar-refractivity contribution in [1.82, 2.24) is 4.98 Å². The lowest BCUT2D eigenvalue weighted by Crippen LogP contribution is -2.12. The third-order valence-corrected chi connectivity index (χ3v) is 5.15. The minimum atomic E-state index is -0.374. The van der Waals surface area contributed by atoms with Crippen LogP contribution in [0.25, 0.3) is 10.2 Å². The summed E-state index contributed by atoms with van der Waals surface area (Å²) >= 11 is 1.31. The van der Waals surface area contributed by atoms with Gasteiger partial charge in [0.05, 0.1) is 28.0 Å². The number of nitrogens with zero attached hydrogens (tertiary/aromatic N) is 1. The lowest BCUT2D eigenvalue weighted by atomic mass is 10.2. The first kappa shape index (κ1) is 20.8. The van der Waals surface area contributed by atoms with E-state index in [1.54, 1.807) is 56.3 Å². The van der Waals surface area contributed by atoms with E-state index in [0.29, 0.717) is 21.8 Å². The van der Waals surface area contributed by atoms with Gasteiger partial charge in [-0.15, -0.1) is 0 Å². The summed E-state index contributed by atoms with van der Waals surface area (Å²) in [6.07, 6.45) is 0.855. The summed E-state index contributed by atoms with van der Waals surface area (Å²) in [5.74, 6) is 0.107. The molecule has 1 unspecified atom stereocenters. The molecule has 3 rings (SSSR count). The van der Waals surface area contributed by atoms with Gasteiger partial charge < -0.3 is 9.47 Å². The number of hydrogen-bond acceptors (Lipinski definition) is 6. The highest BCUT2D eigenvalue weighted by Gasteiger charge is 2.14. The van der Waals surface area contributed by atoms with Gasteiger partial charge in [-0.25, -0.2) is 9.78 Å². The van der Waals surface area contributed by atoms with E-state index in [1.807, 2.05) is 6.92 Å². The highest BCUT2D eigenvalue weighted by molar-refractivity contribution is 7.22. The van der Waals surface area contributed by atoms with E-state index in [2.05, 4.69) is 17.2 Å². The molecule has 7 heteroatoms. The average Bonchev–Trinajstić information content (AvgIpc) is 3.09. The molecule has 0 aliphatic carbocycles. The molecule has 0 aliphatic rings. The second kappa shape index (κ2) is 9.05. The van der Waals surface area contributed by atoms with Crippen LogP contribution in [-0.4, -0.2) is 29.1 Å². The molecular formula is C22H24N2O4S.